The summed E-state index contributed by atoms with van der Waals surface area (Å²) in [4.78, 5) is 0. The molecule has 0 aliphatic carbocycles. The summed E-state index contributed by atoms with van der Waals surface area (Å²) in [6, 6.07) is 0.316. The van der Waals surface area contributed by atoms with Gasteiger partial charge < -0.3 is 5.32 Å². The van der Waals surface area contributed by atoms with E-state index >= 15 is 0 Å². The molecule has 136 valence electrons. The van der Waals surface area contributed by atoms with Crippen LogP contribution in [0.1, 0.15) is 79.1 Å². The van der Waals surface area contributed by atoms with Crippen molar-refractivity contribution in [1.82, 2.24) is 5.32 Å². The van der Waals surface area contributed by atoms with E-state index in [1.54, 1.807) is 0 Å². The summed E-state index contributed by atoms with van der Waals surface area (Å²) in [6.45, 7) is 16.9. The molecule has 0 radical (unpaired) electrons. The van der Waals surface area contributed by atoms with Crippen LogP contribution in [-0.2, 0) is 0 Å². The maximum absolute atomic E-state index is 4.22. The van der Waals surface area contributed by atoms with Gasteiger partial charge in [-0.25, -0.2) is 0 Å². The number of hydrogen-bond acceptors (Lipinski definition) is 1. The Morgan fingerprint density at radius 2 is 1.79 bits per heavy atom. The van der Waals surface area contributed by atoms with E-state index in [-0.39, 0.29) is 0 Å². The van der Waals surface area contributed by atoms with Crippen LogP contribution >= 0.6 is 0 Å². The van der Waals surface area contributed by atoms with E-state index < -0.39 is 0 Å². The Bertz CT molecular complexity index is 437. The van der Waals surface area contributed by atoms with Crippen molar-refractivity contribution in [2.75, 3.05) is 0 Å². The van der Waals surface area contributed by atoms with Gasteiger partial charge in [0.15, 0.2) is 0 Å². The van der Waals surface area contributed by atoms with Gasteiger partial charge in [0.25, 0.3) is 0 Å². The molecule has 0 rings (SSSR count). The van der Waals surface area contributed by atoms with E-state index in [9.17, 15) is 0 Å². The van der Waals surface area contributed by atoms with Crippen molar-refractivity contribution in [1.29, 1.82) is 0 Å². The molecule has 0 amide bonds. The standard InChI is InChI=1S/C23H39N/c1-7-10-11-12-13-14-15-17-20(4)18-19-23(9-3)22(6)24-21(5)16-8-2/h8-9,14-16,21,24H,4,6-7,10-13,17-19H2,1-3,5H3/b15-14-,16-8+,23-9+. The van der Waals surface area contributed by atoms with Gasteiger partial charge in [0.2, 0.25) is 0 Å². The quantitative estimate of drug-likeness (QED) is 0.201. The van der Waals surface area contributed by atoms with Crippen molar-refractivity contribution >= 4 is 0 Å². The molecule has 0 aromatic heterocycles. The fourth-order valence-corrected chi connectivity index (χ4v) is 2.64. The lowest BCUT2D eigenvalue weighted by Gasteiger charge is -2.17. The molecule has 1 nitrogen and oxygen atoms in total. The van der Waals surface area contributed by atoms with E-state index in [2.05, 4.69) is 69.6 Å². The summed E-state index contributed by atoms with van der Waals surface area (Å²) in [5.41, 5.74) is 3.62. The molecule has 0 fully saturated rings. The summed E-state index contributed by atoms with van der Waals surface area (Å²) in [5, 5.41) is 3.44. The first kappa shape index (κ1) is 22.5. The van der Waals surface area contributed by atoms with E-state index in [1.165, 1.54) is 43.3 Å². The molecule has 1 atom stereocenters. The van der Waals surface area contributed by atoms with Crippen LogP contribution in [0.3, 0.4) is 0 Å². The fourth-order valence-electron chi connectivity index (χ4n) is 2.64. The predicted molar refractivity (Wildman–Crippen MR) is 111 cm³/mol. The third kappa shape index (κ3) is 12.0. The Morgan fingerprint density at radius 1 is 1.04 bits per heavy atom. The predicted octanol–water partition coefficient (Wildman–Crippen LogP) is 7.25. The van der Waals surface area contributed by atoms with Gasteiger partial charge in [-0.3, -0.25) is 0 Å². The number of rotatable bonds is 14. The van der Waals surface area contributed by atoms with Crippen LogP contribution in [0.5, 0.6) is 0 Å². The Labute approximate surface area is 151 Å². The van der Waals surface area contributed by atoms with Crippen LogP contribution in [-0.4, -0.2) is 6.04 Å². The SMILES string of the molecule is C=C(C/C=C\CCCCCC)CC/C(=C\C)C(=C)NC(C)/C=C/C. The van der Waals surface area contributed by atoms with Crippen LogP contribution in [0, 0.1) is 0 Å². The van der Waals surface area contributed by atoms with Crippen LogP contribution < -0.4 is 5.32 Å². The van der Waals surface area contributed by atoms with Crippen molar-refractivity contribution in [2.45, 2.75) is 85.1 Å². The lowest BCUT2D eigenvalue weighted by molar-refractivity contribution is 0.674. The van der Waals surface area contributed by atoms with Gasteiger partial charge in [-0.15, -0.1) is 0 Å². The highest BCUT2D eigenvalue weighted by molar-refractivity contribution is 5.28. The Morgan fingerprint density at radius 3 is 2.42 bits per heavy atom. The van der Waals surface area contributed by atoms with Crippen molar-refractivity contribution in [3.8, 4) is 0 Å². The largest absolute Gasteiger partial charge is 0.379 e. The number of hydrogen-bond donors (Lipinski definition) is 1. The normalized spacial score (nSPS) is 13.6. The van der Waals surface area contributed by atoms with Crippen molar-refractivity contribution in [3.05, 3.63) is 60.4 Å². The average Bonchev–Trinajstić information content (AvgIpc) is 2.54. The van der Waals surface area contributed by atoms with Gasteiger partial charge in [0.05, 0.1) is 0 Å². The van der Waals surface area contributed by atoms with Gasteiger partial charge >= 0.3 is 0 Å². The van der Waals surface area contributed by atoms with Crippen LogP contribution in [0.4, 0.5) is 0 Å². The van der Waals surface area contributed by atoms with Gasteiger partial charge in [0.1, 0.15) is 0 Å². The number of nitrogens with one attached hydrogen (secondary N) is 1. The Balaban J connectivity index is 4.05. The molecule has 0 saturated carbocycles. The minimum Gasteiger partial charge on any atom is -0.379 e. The Kier molecular flexibility index (Phi) is 14.1. The highest BCUT2D eigenvalue weighted by Crippen LogP contribution is 2.18. The highest BCUT2D eigenvalue weighted by atomic mass is 14.9. The minimum absolute atomic E-state index is 0.316. The molecular formula is C23H39N. The molecule has 0 spiro atoms. The van der Waals surface area contributed by atoms with Gasteiger partial charge in [-0.1, -0.05) is 75.3 Å². The second-order valence-corrected chi connectivity index (χ2v) is 6.53. The molecule has 0 saturated heterocycles. The zero-order chi connectivity index (χ0) is 18.2. The first-order valence-electron chi connectivity index (χ1n) is 9.60. The van der Waals surface area contributed by atoms with Crippen LogP contribution in [0.25, 0.3) is 0 Å². The maximum Gasteiger partial charge on any atom is 0.0415 e. The molecule has 0 bridgehead atoms. The molecular weight excluding hydrogens is 290 g/mol. The van der Waals surface area contributed by atoms with E-state index in [0.717, 1.165) is 25.0 Å². The van der Waals surface area contributed by atoms with Crippen molar-refractivity contribution in [3.63, 3.8) is 0 Å². The van der Waals surface area contributed by atoms with E-state index in [4.69, 9.17) is 0 Å². The van der Waals surface area contributed by atoms with E-state index in [1.807, 2.05) is 6.92 Å². The van der Waals surface area contributed by atoms with Crippen molar-refractivity contribution in [2.24, 2.45) is 0 Å². The molecule has 1 unspecified atom stereocenters. The summed E-state index contributed by atoms with van der Waals surface area (Å²) in [6.07, 6.45) is 20.5. The third-order valence-corrected chi connectivity index (χ3v) is 4.16. The second kappa shape index (κ2) is 15.1. The number of unbranched alkanes of at least 4 members (excludes halogenated alkanes) is 4. The molecule has 0 heterocycles. The molecule has 0 aliphatic rings. The maximum atomic E-state index is 4.22. The highest BCUT2D eigenvalue weighted by Gasteiger charge is 2.05. The number of allylic oxidation sites excluding steroid dienone is 6. The minimum atomic E-state index is 0.316. The monoisotopic (exact) mass is 329 g/mol. The van der Waals surface area contributed by atoms with Gasteiger partial charge in [-0.2, -0.15) is 0 Å². The topological polar surface area (TPSA) is 12.0 Å². The first-order valence-corrected chi connectivity index (χ1v) is 9.60. The molecule has 1 N–H and O–H groups in total. The first-order chi connectivity index (χ1) is 11.5. The Hall–Kier alpha value is -1.50. The summed E-state index contributed by atoms with van der Waals surface area (Å²) in [5.74, 6) is 0. The lowest BCUT2D eigenvalue weighted by atomic mass is 10.0. The third-order valence-electron chi connectivity index (χ3n) is 4.16. The summed E-state index contributed by atoms with van der Waals surface area (Å²) >= 11 is 0. The van der Waals surface area contributed by atoms with Crippen LogP contribution in [0.2, 0.25) is 0 Å². The molecule has 0 aromatic rings. The van der Waals surface area contributed by atoms with E-state index in [0.29, 0.717) is 6.04 Å². The lowest BCUT2D eigenvalue weighted by Crippen LogP contribution is -2.23. The van der Waals surface area contributed by atoms with Crippen LogP contribution in [0.15, 0.2) is 60.4 Å². The zero-order valence-corrected chi connectivity index (χ0v) is 16.5. The summed E-state index contributed by atoms with van der Waals surface area (Å²) < 4.78 is 0. The van der Waals surface area contributed by atoms with Gasteiger partial charge in [-0.05, 0) is 58.4 Å². The average molecular weight is 330 g/mol. The molecule has 24 heavy (non-hydrogen) atoms. The zero-order valence-electron chi connectivity index (χ0n) is 16.5. The second-order valence-electron chi connectivity index (χ2n) is 6.53. The fraction of sp³-hybridized carbons (Fsp3) is 0.565. The smallest absolute Gasteiger partial charge is 0.0415 e. The van der Waals surface area contributed by atoms with Gasteiger partial charge in [0, 0.05) is 11.7 Å². The molecule has 1 heteroatoms. The van der Waals surface area contributed by atoms with Crippen molar-refractivity contribution < 1.29 is 0 Å². The summed E-state index contributed by atoms with van der Waals surface area (Å²) in [7, 11) is 0. The molecule has 0 aliphatic heterocycles. The molecule has 0 aromatic carbocycles.